The highest BCUT2D eigenvalue weighted by atomic mass is 35.5. The lowest BCUT2D eigenvalue weighted by atomic mass is 10.2. The SMILES string of the molecule is Cc1ccc(NC(=O)CSc2nc3ccccc3n2C(=O)CCN2C(=O)/C(=C/c3ccc(Cl)cc3)SC2=S)cc1. The lowest BCUT2D eigenvalue weighted by Crippen LogP contribution is -2.31. The molecule has 0 aliphatic carbocycles. The number of anilines is 1. The quantitative estimate of drug-likeness (QED) is 0.136. The highest BCUT2D eigenvalue weighted by molar-refractivity contribution is 8.26. The molecule has 5 rings (SSSR count). The van der Waals surface area contributed by atoms with Gasteiger partial charge in [0.15, 0.2) is 5.16 Å². The molecular weight excluding hydrogens is 584 g/mol. The second-order valence-electron chi connectivity index (χ2n) is 8.95. The maximum Gasteiger partial charge on any atom is 0.266 e. The largest absolute Gasteiger partial charge is 0.325 e. The lowest BCUT2D eigenvalue weighted by molar-refractivity contribution is -0.122. The summed E-state index contributed by atoms with van der Waals surface area (Å²) in [7, 11) is 0. The van der Waals surface area contributed by atoms with Crippen molar-refractivity contribution in [3.8, 4) is 0 Å². The van der Waals surface area contributed by atoms with E-state index in [9.17, 15) is 14.4 Å². The van der Waals surface area contributed by atoms with E-state index in [1.54, 1.807) is 18.2 Å². The first-order valence-electron chi connectivity index (χ1n) is 12.3. The highest BCUT2D eigenvalue weighted by Gasteiger charge is 2.32. The summed E-state index contributed by atoms with van der Waals surface area (Å²) in [6.07, 6.45) is 1.79. The fourth-order valence-electron chi connectivity index (χ4n) is 4.03. The number of carbonyl (C=O) groups is 3. The van der Waals surface area contributed by atoms with Gasteiger partial charge in [0, 0.05) is 23.7 Å². The van der Waals surface area contributed by atoms with Crippen LogP contribution in [0.3, 0.4) is 0 Å². The number of nitrogens with one attached hydrogen (secondary N) is 1. The average Bonchev–Trinajstić information content (AvgIpc) is 3.44. The van der Waals surface area contributed by atoms with Gasteiger partial charge in [-0.25, -0.2) is 4.98 Å². The van der Waals surface area contributed by atoms with Gasteiger partial charge in [0.05, 0.1) is 21.7 Å². The number of rotatable bonds is 8. The van der Waals surface area contributed by atoms with Crippen LogP contribution in [0.5, 0.6) is 0 Å². The number of nitrogens with zero attached hydrogens (tertiary/aromatic N) is 3. The van der Waals surface area contributed by atoms with Crippen molar-refractivity contribution in [1.82, 2.24) is 14.5 Å². The number of fused-ring (bicyclic) bond motifs is 1. The van der Waals surface area contributed by atoms with Crippen molar-refractivity contribution in [3.63, 3.8) is 0 Å². The molecule has 1 aromatic heterocycles. The molecule has 0 saturated carbocycles. The summed E-state index contributed by atoms with van der Waals surface area (Å²) in [6.45, 7) is 2.11. The number of carbonyl (C=O) groups excluding carboxylic acids is 3. The zero-order valence-corrected chi connectivity index (χ0v) is 24.5. The van der Waals surface area contributed by atoms with Crippen molar-refractivity contribution < 1.29 is 14.4 Å². The number of aromatic nitrogens is 2. The molecule has 0 spiro atoms. The van der Waals surface area contributed by atoms with Crippen LogP contribution in [0.2, 0.25) is 5.02 Å². The summed E-state index contributed by atoms with van der Waals surface area (Å²) >= 11 is 13.8. The van der Waals surface area contributed by atoms with Gasteiger partial charge in [-0.3, -0.25) is 23.9 Å². The number of thiocarbonyl (C=S) groups is 1. The minimum Gasteiger partial charge on any atom is -0.325 e. The standard InChI is InChI=1S/C29H23ClN4O3S3/c1-18-6-12-21(13-7-18)31-25(35)17-39-28-32-22-4-2-3-5-23(22)34(28)26(36)14-15-33-27(37)24(40-29(33)38)16-19-8-10-20(30)11-9-19/h2-13,16H,14-15,17H2,1H3,(H,31,35)/b24-16-. The molecular formula is C29H23ClN4O3S3. The number of benzene rings is 3. The molecule has 11 heteroatoms. The molecule has 0 atom stereocenters. The second-order valence-corrected chi connectivity index (χ2v) is 12.0. The Labute approximate surface area is 250 Å². The Morgan fingerprint density at radius 2 is 1.80 bits per heavy atom. The molecule has 1 aliphatic heterocycles. The first kappa shape index (κ1) is 28.1. The van der Waals surface area contributed by atoms with Crippen molar-refractivity contribution in [2.45, 2.75) is 18.5 Å². The fraction of sp³-hybridized carbons (Fsp3) is 0.138. The van der Waals surface area contributed by atoms with Gasteiger partial charge in [-0.1, -0.05) is 89.3 Å². The summed E-state index contributed by atoms with van der Waals surface area (Å²) < 4.78 is 1.91. The van der Waals surface area contributed by atoms with Gasteiger partial charge in [-0.15, -0.1) is 0 Å². The molecule has 0 unspecified atom stereocenters. The van der Waals surface area contributed by atoms with Crippen LogP contribution in [0.4, 0.5) is 5.69 Å². The molecule has 4 aromatic rings. The number of amides is 2. The lowest BCUT2D eigenvalue weighted by Gasteiger charge is -2.15. The van der Waals surface area contributed by atoms with Crippen LogP contribution in [0.15, 0.2) is 82.9 Å². The van der Waals surface area contributed by atoms with Crippen LogP contribution in [-0.2, 0) is 9.59 Å². The predicted molar refractivity (Wildman–Crippen MR) is 167 cm³/mol. The minimum atomic E-state index is -0.245. The van der Waals surface area contributed by atoms with E-state index in [2.05, 4.69) is 10.3 Å². The van der Waals surface area contributed by atoms with Gasteiger partial charge in [0.1, 0.15) is 4.32 Å². The van der Waals surface area contributed by atoms with E-state index in [1.807, 2.05) is 67.6 Å². The van der Waals surface area contributed by atoms with Crippen LogP contribution >= 0.6 is 47.3 Å². The van der Waals surface area contributed by atoms with Crippen LogP contribution in [-0.4, -0.2) is 48.8 Å². The Morgan fingerprint density at radius 3 is 2.55 bits per heavy atom. The third-order valence-electron chi connectivity index (χ3n) is 6.04. The maximum atomic E-state index is 13.5. The van der Waals surface area contributed by atoms with Gasteiger partial charge in [0.2, 0.25) is 11.8 Å². The molecule has 7 nitrogen and oxygen atoms in total. The smallest absolute Gasteiger partial charge is 0.266 e. The summed E-state index contributed by atoms with van der Waals surface area (Å²) in [5.41, 5.74) is 3.92. The second kappa shape index (κ2) is 12.4. The van der Waals surface area contributed by atoms with Crippen molar-refractivity contribution in [3.05, 3.63) is 93.9 Å². The molecule has 1 aliphatic rings. The zero-order valence-electron chi connectivity index (χ0n) is 21.3. The number of hydrogen-bond acceptors (Lipinski definition) is 7. The molecule has 1 saturated heterocycles. The molecule has 40 heavy (non-hydrogen) atoms. The Morgan fingerprint density at radius 1 is 1.07 bits per heavy atom. The van der Waals surface area contributed by atoms with Crippen molar-refractivity contribution >= 4 is 92.2 Å². The molecule has 1 fully saturated rings. The van der Waals surface area contributed by atoms with Gasteiger partial charge in [-0.2, -0.15) is 0 Å². The molecule has 3 aromatic carbocycles. The first-order valence-corrected chi connectivity index (χ1v) is 14.9. The van der Waals surface area contributed by atoms with Crippen molar-refractivity contribution in [2.75, 3.05) is 17.6 Å². The Kier molecular flexibility index (Phi) is 8.70. The highest BCUT2D eigenvalue weighted by Crippen LogP contribution is 2.33. The predicted octanol–water partition coefficient (Wildman–Crippen LogP) is 6.66. The molecule has 202 valence electrons. The average molecular weight is 607 g/mol. The van der Waals surface area contributed by atoms with Crippen LogP contribution in [0, 0.1) is 6.92 Å². The number of para-hydroxylation sites is 2. The van der Waals surface area contributed by atoms with Crippen molar-refractivity contribution in [2.24, 2.45) is 0 Å². The number of imidazole rings is 1. The Hall–Kier alpha value is -3.44. The van der Waals surface area contributed by atoms with E-state index in [1.165, 1.54) is 33.0 Å². The number of hydrogen-bond donors (Lipinski definition) is 1. The zero-order chi connectivity index (χ0) is 28.2. The van der Waals surface area contributed by atoms with Crippen molar-refractivity contribution in [1.29, 1.82) is 0 Å². The van der Waals surface area contributed by atoms with Gasteiger partial charge < -0.3 is 5.32 Å². The summed E-state index contributed by atoms with van der Waals surface area (Å²) in [5.74, 6) is -0.610. The number of halogens is 1. The normalized spacial score (nSPS) is 14.3. The summed E-state index contributed by atoms with van der Waals surface area (Å²) in [4.78, 5) is 45.7. The van der Waals surface area contributed by atoms with Gasteiger partial charge in [0.25, 0.3) is 5.91 Å². The number of thioether (sulfide) groups is 2. The fourth-order valence-corrected chi connectivity index (χ4v) is 6.29. The van der Waals surface area contributed by atoms with E-state index in [0.29, 0.717) is 36.1 Å². The number of aryl methyl sites for hydroxylation is 1. The topological polar surface area (TPSA) is 84.3 Å². The third-order valence-corrected chi connectivity index (χ3v) is 8.61. The Balaban J connectivity index is 1.27. The van der Waals surface area contributed by atoms with Crippen LogP contribution < -0.4 is 5.32 Å². The summed E-state index contributed by atoms with van der Waals surface area (Å²) in [5, 5.41) is 3.89. The Bertz CT molecular complexity index is 1650. The van der Waals surface area contributed by atoms with E-state index in [-0.39, 0.29) is 36.4 Å². The molecule has 1 N–H and O–H groups in total. The molecule has 0 bridgehead atoms. The van der Waals surface area contributed by atoms with Crippen LogP contribution in [0.25, 0.3) is 17.1 Å². The maximum absolute atomic E-state index is 13.5. The van der Waals surface area contributed by atoms with Crippen LogP contribution in [0.1, 0.15) is 22.3 Å². The summed E-state index contributed by atoms with van der Waals surface area (Å²) in [6, 6.07) is 22.0. The van der Waals surface area contributed by atoms with E-state index >= 15 is 0 Å². The third kappa shape index (κ3) is 6.47. The van der Waals surface area contributed by atoms with E-state index in [4.69, 9.17) is 23.8 Å². The van der Waals surface area contributed by atoms with Gasteiger partial charge in [-0.05, 0) is 55.0 Å². The monoisotopic (exact) mass is 606 g/mol. The molecule has 2 heterocycles. The minimum absolute atomic E-state index is 0.0319. The first-order chi connectivity index (χ1) is 19.3. The molecule has 0 radical (unpaired) electrons. The van der Waals surface area contributed by atoms with Gasteiger partial charge >= 0.3 is 0 Å². The molecule has 2 amide bonds. The van der Waals surface area contributed by atoms with E-state index < -0.39 is 0 Å². The van der Waals surface area contributed by atoms with E-state index in [0.717, 1.165) is 11.1 Å².